The maximum Gasteiger partial charge on any atom is 0.142 e. The topological polar surface area (TPSA) is 42.4 Å². The van der Waals surface area contributed by atoms with Crippen LogP contribution >= 0.6 is 11.3 Å². The smallest absolute Gasteiger partial charge is 0.142 e. The van der Waals surface area contributed by atoms with Crippen LogP contribution < -0.4 is 4.74 Å². The monoisotopic (exact) mass is 355 g/mol. The molecular formula is C17H16F3NO2S. The fourth-order valence-electron chi connectivity index (χ4n) is 1.98. The standard InChI is InChI=1S/C15H10F3NO2S.C2H6/c16-9-2-1-8(11(18)3-9)7-21-13-5-10(17)4-12-15(13)22-14(6-20)19-12;1-2/h1-5,20H,6-7H2;1-2H3. The van der Waals surface area contributed by atoms with Crippen molar-refractivity contribution in [2.45, 2.75) is 27.1 Å². The molecule has 0 aliphatic carbocycles. The molecule has 3 rings (SSSR count). The first-order chi connectivity index (χ1) is 11.6. The lowest BCUT2D eigenvalue weighted by Gasteiger charge is -2.08. The van der Waals surface area contributed by atoms with Crippen molar-refractivity contribution < 1.29 is 23.0 Å². The van der Waals surface area contributed by atoms with Crippen molar-refractivity contribution in [3.8, 4) is 5.75 Å². The van der Waals surface area contributed by atoms with Gasteiger partial charge in [-0.2, -0.15) is 0 Å². The molecule has 0 aliphatic rings. The number of thiazole rings is 1. The number of rotatable bonds is 4. The van der Waals surface area contributed by atoms with E-state index in [1.807, 2.05) is 13.8 Å². The second-order valence-electron chi connectivity index (χ2n) is 4.54. The molecule has 24 heavy (non-hydrogen) atoms. The van der Waals surface area contributed by atoms with E-state index in [-0.39, 0.29) is 24.5 Å². The van der Waals surface area contributed by atoms with Gasteiger partial charge in [-0.3, -0.25) is 0 Å². The Morgan fingerprint density at radius 2 is 1.83 bits per heavy atom. The number of aliphatic hydroxyl groups excluding tert-OH is 1. The summed E-state index contributed by atoms with van der Waals surface area (Å²) in [5.74, 6) is -1.75. The Hall–Kier alpha value is -2.12. The van der Waals surface area contributed by atoms with Crippen LogP contribution in [0, 0.1) is 17.5 Å². The molecule has 0 amide bonds. The average Bonchev–Trinajstić information content (AvgIpc) is 2.98. The van der Waals surface area contributed by atoms with Crippen LogP contribution in [0.1, 0.15) is 24.4 Å². The fourth-order valence-corrected chi connectivity index (χ4v) is 2.86. The van der Waals surface area contributed by atoms with Crippen molar-refractivity contribution in [2.24, 2.45) is 0 Å². The van der Waals surface area contributed by atoms with Gasteiger partial charge in [-0.1, -0.05) is 13.8 Å². The molecule has 0 unspecified atom stereocenters. The van der Waals surface area contributed by atoms with Gasteiger partial charge >= 0.3 is 0 Å². The minimum absolute atomic E-state index is 0.158. The molecule has 0 radical (unpaired) electrons. The third-order valence-electron chi connectivity index (χ3n) is 3.00. The van der Waals surface area contributed by atoms with Crippen LogP contribution in [0.4, 0.5) is 13.2 Å². The summed E-state index contributed by atoms with van der Waals surface area (Å²) in [6.45, 7) is 3.57. The van der Waals surface area contributed by atoms with Crippen molar-refractivity contribution in [3.05, 3.63) is 58.4 Å². The Morgan fingerprint density at radius 1 is 1.08 bits per heavy atom. The van der Waals surface area contributed by atoms with Gasteiger partial charge in [-0.25, -0.2) is 18.2 Å². The van der Waals surface area contributed by atoms with Crippen LogP contribution in [-0.2, 0) is 13.2 Å². The lowest BCUT2D eigenvalue weighted by Crippen LogP contribution is -1.99. The minimum Gasteiger partial charge on any atom is -0.487 e. The summed E-state index contributed by atoms with van der Waals surface area (Å²) >= 11 is 1.17. The van der Waals surface area contributed by atoms with Gasteiger partial charge in [-0.15, -0.1) is 11.3 Å². The Bertz CT molecular complexity index is 836. The number of hydrogen-bond acceptors (Lipinski definition) is 4. The van der Waals surface area contributed by atoms with Crippen molar-refractivity contribution in [2.75, 3.05) is 0 Å². The molecule has 2 aromatic carbocycles. The Morgan fingerprint density at radius 3 is 2.50 bits per heavy atom. The predicted molar refractivity (Wildman–Crippen MR) is 87.5 cm³/mol. The predicted octanol–water partition coefficient (Wildman–Crippen LogP) is 4.81. The molecule has 128 valence electrons. The fraction of sp³-hybridized carbons (Fsp3) is 0.235. The summed E-state index contributed by atoms with van der Waals surface area (Å²) in [6.07, 6.45) is 0. The number of hydrogen-bond donors (Lipinski definition) is 1. The molecule has 0 saturated carbocycles. The average molecular weight is 355 g/mol. The zero-order chi connectivity index (χ0) is 17.7. The van der Waals surface area contributed by atoms with E-state index >= 15 is 0 Å². The first kappa shape index (κ1) is 18.2. The Labute approximate surface area is 141 Å². The summed E-state index contributed by atoms with van der Waals surface area (Å²) in [4.78, 5) is 4.06. The van der Waals surface area contributed by atoms with Crippen LogP contribution in [0.3, 0.4) is 0 Å². The molecule has 0 atom stereocenters. The van der Waals surface area contributed by atoms with Crippen molar-refractivity contribution in [3.63, 3.8) is 0 Å². The van der Waals surface area contributed by atoms with Gasteiger partial charge in [0.1, 0.15) is 34.8 Å². The molecule has 0 bridgehead atoms. The van der Waals surface area contributed by atoms with Gasteiger partial charge < -0.3 is 9.84 Å². The van der Waals surface area contributed by atoms with E-state index in [1.165, 1.54) is 29.5 Å². The highest BCUT2D eigenvalue weighted by molar-refractivity contribution is 7.18. The van der Waals surface area contributed by atoms with Gasteiger partial charge in [0.25, 0.3) is 0 Å². The van der Waals surface area contributed by atoms with Crippen LogP contribution in [0.5, 0.6) is 5.75 Å². The molecule has 1 N–H and O–H groups in total. The second kappa shape index (κ2) is 8.12. The molecule has 0 fully saturated rings. The highest BCUT2D eigenvalue weighted by Gasteiger charge is 2.12. The van der Waals surface area contributed by atoms with E-state index in [0.717, 1.165) is 12.1 Å². The van der Waals surface area contributed by atoms with E-state index in [2.05, 4.69) is 4.98 Å². The molecule has 1 aromatic heterocycles. The lowest BCUT2D eigenvalue weighted by molar-refractivity contribution is 0.281. The van der Waals surface area contributed by atoms with Gasteiger partial charge in [0.05, 0.1) is 16.8 Å². The van der Waals surface area contributed by atoms with Crippen molar-refractivity contribution in [1.82, 2.24) is 4.98 Å². The second-order valence-corrected chi connectivity index (χ2v) is 5.63. The number of aromatic nitrogens is 1. The van der Waals surface area contributed by atoms with Crippen LogP contribution in [-0.4, -0.2) is 10.1 Å². The number of fused-ring (bicyclic) bond motifs is 1. The summed E-state index contributed by atoms with van der Waals surface area (Å²) < 4.78 is 46.0. The number of nitrogens with zero attached hydrogens (tertiary/aromatic N) is 1. The van der Waals surface area contributed by atoms with Gasteiger partial charge in [-0.05, 0) is 12.1 Å². The zero-order valence-corrected chi connectivity index (χ0v) is 14.0. The molecule has 0 saturated heterocycles. The van der Waals surface area contributed by atoms with E-state index in [0.29, 0.717) is 15.2 Å². The summed E-state index contributed by atoms with van der Waals surface area (Å²) in [5.41, 5.74) is 0.523. The van der Waals surface area contributed by atoms with Crippen molar-refractivity contribution >= 4 is 21.6 Å². The maximum atomic E-state index is 13.6. The van der Waals surface area contributed by atoms with Crippen LogP contribution in [0.25, 0.3) is 10.2 Å². The summed E-state index contributed by atoms with van der Waals surface area (Å²) in [6, 6.07) is 5.56. The molecule has 1 heterocycles. The number of ether oxygens (including phenoxy) is 1. The third kappa shape index (κ3) is 4.04. The summed E-state index contributed by atoms with van der Waals surface area (Å²) in [7, 11) is 0. The van der Waals surface area contributed by atoms with E-state index in [4.69, 9.17) is 9.84 Å². The van der Waals surface area contributed by atoms with Gasteiger partial charge in [0, 0.05) is 23.8 Å². The quantitative estimate of drug-likeness (QED) is 0.730. The molecular weight excluding hydrogens is 339 g/mol. The number of aliphatic hydroxyl groups is 1. The first-order valence-corrected chi connectivity index (χ1v) is 8.15. The Kier molecular flexibility index (Phi) is 6.16. The van der Waals surface area contributed by atoms with Gasteiger partial charge in [0.15, 0.2) is 0 Å². The molecule has 0 spiro atoms. The van der Waals surface area contributed by atoms with E-state index in [1.54, 1.807) is 0 Å². The largest absolute Gasteiger partial charge is 0.487 e. The highest BCUT2D eigenvalue weighted by Crippen LogP contribution is 2.33. The van der Waals surface area contributed by atoms with E-state index in [9.17, 15) is 13.2 Å². The zero-order valence-electron chi connectivity index (χ0n) is 13.1. The van der Waals surface area contributed by atoms with Crippen LogP contribution in [0.2, 0.25) is 0 Å². The Balaban J connectivity index is 0.00000100. The highest BCUT2D eigenvalue weighted by atomic mass is 32.1. The number of halogens is 3. The van der Waals surface area contributed by atoms with Crippen LogP contribution in [0.15, 0.2) is 30.3 Å². The summed E-state index contributed by atoms with van der Waals surface area (Å²) in [5, 5.41) is 9.53. The van der Waals surface area contributed by atoms with Crippen molar-refractivity contribution in [1.29, 1.82) is 0 Å². The molecule has 0 aliphatic heterocycles. The molecule has 3 nitrogen and oxygen atoms in total. The normalized spacial score (nSPS) is 10.4. The molecule has 3 aromatic rings. The third-order valence-corrected chi connectivity index (χ3v) is 4.07. The minimum atomic E-state index is -0.729. The van der Waals surface area contributed by atoms with E-state index < -0.39 is 17.5 Å². The molecule has 7 heteroatoms. The lowest BCUT2D eigenvalue weighted by atomic mass is 10.2. The van der Waals surface area contributed by atoms with Gasteiger partial charge in [0.2, 0.25) is 0 Å². The first-order valence-electron chi connectivity index (χ1n) is 7.33. The maximum absolute atomic E-state index is 13.6. The SMILES string of the molecule is CC.OCc1nc2cc(F)cc(OCc3ccc(F)cc3F)c2s1. The number of benzene rings is 2.